The Bertz CT molecular complexity index is 986. The lowest BCUT2D eigenvalue weighted by atomic mass is 9.95. The van der Waals surface area contributed by atoms with Gasteiger partial charge >= 0.3 is 0 Å². The number of likely N-dealkylation sites (tertiary alicyclic amines) is 1. The summed E-state index contributed by atoms with van der Waals surface area (Å²) in [5, 5.41) is 21.4. The second-order valence-electron chi connectivity index (χ2n) is 7.18. The number of benzene rings is 1. The molecule has 1 aliphatic heterocycles. The van der Waals surface area contributed by atoms with E-state index in [2.05, 4.69) is 9.88 Å². The predicted molar refractivity (Wildman–Crippen MR) is 116 cm³/mol. The third kappa shape index (κ3) is 4.39. The summed E-state index contributed by atoms with van der Waals surface area (Å²) in [4.78, 5) is 33.6. The molecule has 2 aromatic rings. The van der Waals surface area contributed by atoms with E-state index in [9.17, 15) is 19.8 Å². The van der Waals surface area contributed by atoms with Gasteiger partial charge in [-0.15, -0.1) is 0 Å². The quantitative estimate of drug-likeness (QED) is 0.381. The van der Waals surface area contributed by atoms with Gasteiger partial charge in [0.2, 0.25) is 0 Å². The number of aliphatic hydroxyl groups excluding tert-OH is 1. The van der Waals surface area contributed by atoms with Crippen molar-refractivity contribution in [2.24, 2.45) is 0 Å². The largest absolute Gasteiger partial charge is 0.507 e. The van der Waals surface area contributed by atoms with Crippen LogP contribution in [0.3, 0.4) is 0 Å². The zero-order valence-electron chi connectivity index (χ0n) is 17.9. The number of amides is 1. The summed E-state index contributed by atoms with van der Waals surface area (Å²) in [6.45, 7) is 6.62. The van der Waals surface area contributed by atoms with E-state index in [0.29, 0.717) is 24.4 Å². The van der Waals surface area contributed by atoms with E-state index in [0.717, 1.165) is 13.1 Å². The van der Waals surface area contributed by atoms with Gasteiger partial charge in [0.25, 0.3) is 11.7 Å². The number of phenolic OH excluding ortho intramolecular Hbond substituents is 1. The van der Waals surface area contributed by atoms with E-state index in [-0.39, 0.29) is 16.9 Å². The smallest absolute Gasteiger partial charge is 0.295 e. The SMILES string of the molecule is CCN(CC)CCN1C(=O)C(=O)/C(=C(/O)c2ccc(OC)cc2O)C1c1ccncc1. The van der Waals surface area contributed by atoms with Gasteiger partial charge in [0.15, 0.2) is 0 Å². The number of aliphatic hydroxyl groups is 1. The number of hydrogen-bond acceptors (Lipinski definition) is 7. The predicted octanol–water partition coefficient (Wildman–Crippen LogP) is 2.56. The van der Waals surface area contributed by atoms with Crippen molar-refractivity contribution in [2.75, 3.05) is 33.3 Å². The molecule has 2 N–H and O–H groups in total. The Hall–Kier alpha value is -3.39. The Labute approximate surface area is 181 Å². The monoisotopic (exact) mass is 425 g/mol. The number of methoxy groups -OCH3 is 1. The number of phenols is 1. The molecule has 1 saturated heterocycles. The fraction of sp³-hybridized carbons (Fsp3) is 0.348. The van der Waals surface area contributed by atoms with Crippen molar-refractivity contribution in [3.05, 3.63) is 59.4 Å². The molecule has 1 aliphatic rings. The third-order valence-corrected chi connectivity index (χ3v) is 5.57. The summed E-state index contributed by atoms with van der Waals surface area (Å²) in [6, 6.07) is 7.00. The van der Waals surface area contributed by atoms with E-state index < -0.39 is 23.5 Å². The zero-order valence-corrected chi connectivity index (χ0v) is 17.9. The summed E-state index contributed by atoms with van der Waals surface area (Å²) in [6.07, 6.45) is 3.15. The molecule has 1 fully saturated rings. The topological polar surface area (TPSA) is 103 Å². The fourth-order valence-electron chi connectivity index (χ4n) is 3.78. The number of aromatic nitrogens is 1. The standard InChI is InChI=1S/C23H27N3O5/c1-4-25(5-2)12-13-26-20(15-8-10-24-11-9-15)19(22(29)23(26)30)21(28)17-7-6-16(31-3)14-18(17)27/h6-11,14,20,27-28H,4-5,12-13H2,1-3H3/b21-19+. The maximum Gasteiger partial charge on any atom is 0.295 e. The van der Waals surface area contributed by atoms with Gasteiger partial charge in [-0.3, -0.25) is 14.6 Å². The average Bonchev–Trinajstić information content (AvgIpc) is 3.04. The van der Waals surface area contributed by atoms with Crippen molar-refractivity contribution in [1.29, 1.82) is 0 Å². The third-order valence-electron chi connectivity index (χ3n) is 5.57. The number of carbonyl (C=O) groups excluding carboxylic acids is 2. The summed E-state index contributed by atoms with van der Waals surface area (Å²) in [5.74, 6) is -1.73. The second kappa shape index (κ2) is 9.61. The molecule has 1 atom stereocenters. The maximum absolute atomic E-state index is 13.0. The molecule has 1 unspecified atom stereocenters. The molecule has 1 aromatic heterocycles. The van der Waals surface area contributed by atoms with Crippen LogP contribution in [0.1, 0.15) is 31.0 Å². The van der Waals surface area contributed by atoms with E-state index in [1.807, 2.05) is 13.8 Å². The number of ketones is 1. The van der Waals surface area contributed by atoms with Crippen LogP contribution in [0.25, 0.3) is 5.76 Å². The number of nitrogens with zero attached hydrogens (tertiary/aromatic N) is 3. The molecule has 2 heterocycles. The van der Waals surface area contributed by atoms with Gasteiger partial charge in [0.05, 0.1) is 24.3 Å². The van der Waals surface area contributed by atoms with Crippen molar-refractivity contribution >= 4 is 17.4 Å². The van der Waals surface area contributed by atoms with Crippen molar-refractivity contribution < 1.29 is 24.5 Å². The highest BCUT2D eigenvalue weighted by Crippen LogP contribution is 2.41. The van der Waals surface area contributed by atoms with E-state index in [1.165, 1.54) is 24.1 Å². The number of pyridine rings is 1. The van der Waals surface area contributed by atoms with Gasteiger partial charge in [0, 0.05) is 31.5 Å². The van der Waals surface area contributed by atoms with Gasteiger partial charge in [0.1, 0.15) is 17.3 Å². The zero-order chi connectivity index (χ0) is 22.5. The highest BCUT2D eigenvalue weighted by molar-refractivity contribution is 6.46. The van der Waals surface area contributed by atoms with Gasteiger partial charge in [-0.25, -0.2) is 0 Å². The molecule has 1 amide bonds. The van der Waals surface area contributed by atoms with E-state index >= 15 is 0 Å². The minimum atomic E-state index is -0.783. The molecule has 0 aliphatic carbocycles. The fourth-order valence-corrected chi connectivity index (χ4v) is 3.78. The number of aromatic hydroxyl groups is 1. The molecular weight excluding hydrogens is 398 g/mol. The van der Waals surface area contributed by atoms with Crippen molar-refractivity contribution in [1.82, 2.24) is 14.8 Å². The Morgan fingerprint density at radius 2 is 1.84 bits per heavy atom. The molecule has 8 heteroatoms. The summed E-state index contributed by atoms with van der Waals surface area (Å²) in [5.41, 5.74) is 0.654. The van der Waals surface area contributed by atoms with Gasteiger partial charge in [-0.1, -0.05) is 13.8 Å². The van der Waals surface area contributed by atoms with Gasteiger partial charge in [-0.2, -0.15) is 0 Å². The lowest BCUT2D eigenvalue weighted by Gasteiger charge is -2.28. The Balaban J connectivity index is 2.10. The Kier molecular flexibility index (Phi) is 6.91. The van der Waals surface area contributed by atoms with Crippen LogP contribution in [0.5, 0.6) is 11.5 Å². The number of hydrogen-bond donors (Lipinski definition) is 2. The highest BCUT2D eigenvalue weighted by atomic mass is 16.5. The molecule has 3 rings (SSSR count). The van der Waals surface area contributed by atoms with Crippen molar-refractivity contribution in [3.63, 3.8) is 0 Å². The molecule has 0 spiro atoms. The van der Waals surface area contributed by atoms with Crippen LogP contribution in [0, 0.1) is 0 Å². The van der Waals surface area contributed by atoms with Crippen LogP contribution < -0.4 is 4.74 Å². The van der Waals surface area contributed by atoms with Crippen molar-refractivity contribution in [2.45, 2.75) is 19.9 Å². The van der Waals surface area contributed by atoms with E-state index in [4.69, 9.17) is 4.74 Å². The van der Waals surface area contributed by atoms with Crippen LogP contribution in [0.2, 0.25) is 0 Å². The normalized spacial score (nSPS) is 18.1. The number of likely N-dealkylation sites (N-methyl/N-ethyl adjacent to an activating group) is 1. The number of rotatable bonds is 8. The van der Waals surface area contributed by atoms with Gasteiger partial charge < -0.3 is 24.7 Å². The van der Waals surface area contributed by atoms with Gasteiger partial charge in [-0.05, 0) is 42.9 Å². The number of Topliss-reactive ketones (excluding diaryl/α,β-unsaturated/α-hetero) is 1. The first-order valence-electron chi connectivity index (χ1n) is 10.2. The Morgan fingerprint density at radius 1 is 1.16 bits per heavy atom. The van der Waals surface area contributed by atoms with Crippen LogP contribution in [0.15, 0.2) is 48.3 Å². The lowest BCUT2D eigenvalue weighted by molar-refractivity contribution is -0.140. The first kappa shape index (κ1) is 22.3. The summed E-state index contributed by atoms with van der Waals surface area (Å²) < 4.78 is 5.08. The second-order valence-corrected chi connectivity index (χ2v) is 7.18. The first-order valence-corrected chi connectivity index (χ1v) is 10.2. The van der Waals surface area contributed by atoms with Crippen molar-refractivity contribution in [3.8, 4) is 11.5 Å². The van der Waals surface area contributed by atoms with Crippen LogP contribution in [-0.4, -0.2) is 70.0 Å². The minimum Gasteiger partial charge on any atom is -0.507 e. The first-order chi connectivity index (χ1) is 14.9. The van der Waals surface area contributed by atoms with Crippen LogP contribution in [0.4, 0.5) is 0 Å². The molecule has 0 radical (unpaired) electrons. The molecule has 164 valence electrons. The molecule has 1 aromatic carbocycles. The summed E-state index contributed by atoms with van der Waals surface area (Å²) >= 11 is 0. The molecular formula is C23H27N3O5. The molecule has 31 heavy (non-hydrogen) atoms. The summed E-state index contributed by atoms with van der Waals surface area (Å²) in [7, 11) is 1.46. The minimum absolute atomic E-state index is 0.0570. The molecule has 0 bridgehead atoms. The maximum atomic E-state index is 13.0. The lowest BCUT2D eigenvalue weighted by Crippen LogP contribution is -2.38. The highest BCUT2D eigenvalue weighted by Gasteiger charge is 2.46. The number of ether oxygens (including phenoxy) is 1. The van der Waals surface area contributed by atoms with Crippen LogP contribution in [-0.2, 0) is 9.59 Å². The average molecular weight is 425 g/mol. The molecule has 8 nitrogen and oxygen atoms in total. The van der Waals surface area contributed by atoms with Crippen LogP contribution >= 0.6 is 0 Å². The number of carbonyl (C=O) groups is 2. The van der Waals surface area contributed by atoms with E-state index in [1.54, 1.807) is 30.6 Å². The Morgan fingerprint density at radius 3 is 2.42 bits per heavy atom. The molecule has 0 saturated carbocycles.